The van der Waals surface area contributed by atoms with Crippen molar-refractivity contribution in [2.75, 3.05) is 0 Å². The van der Waals surface area contributed by atoms with Gasteiger partial charge in [0.1, 0.15) is 6.29 Å². The van der Waals surface area contributed by atoms with Crippen molar-refractivity contribution in [3.63, 3.8) is 0 Å². The minimum atomic E-state index is -0.600. The van der Waals surface area contributed by atoms with Crippen LogP contribution in [-0.2, 0) is 4.79 Å². The average molecular weight is 254 g/mol. The van der Waals surface area contributed by atoms with Gasteiger partial charge in [0.25, 0.3) is 14.1 Å². The molecule has 17 heavy (non-hydrogen) atoms. The van der Waals surface area contributed by atoms with Crippen LogP contribution in [0, 0.1) is 11.8 Å². The maximum atomic E-state index is 10.5. The van der Waals surface area contributed by atoms with Gasteiger partial charge in [-0.2, -0.15) is 0 Å². The van der Waals surface area contributed by atoms with Gasteiger partial charge in [0, 0.05) is 0 Å². The van der Waals surface area contributed by atoms with Gasteiger partial charge in [-0.1, -0.05) is 69.2 Å². The van der Waals surface area contributed by atoms with Crippen molar-refractivity contribution in [1.82, 2.24) is 0 Å². The van der Waals surface area contributed by atoms with E-state index in [0.717, 1.165) is 24.5 Å². The van der Waals surface area contributed by atoms with Crippen LogP contribution in [0.1, 0.15) is 59.8 Å². The Kier molecular flexibility index (Phi) is 11.4. The van der Waals surface area contributed by atoms with Gasteiger partial charge >= 0.3 is 0 Å². The molecular weight excluding hydrogens is 223 g/mol. The van der Waals surface area contributed by atoms with Gasteiger partial charge in [-0.05, 0) is 18.3 Å². The normalized spacial score (nSPS) is 11.2. The predicted molar refractivity (Wildman–Crippen MR) is 79.0 cm³/mol. The minimum Gasteiger partial charge on any atom is -0.303 e. The van der Waals surface area contributed by atoms with Crippen LogP contribution in [0.4, 0.5) is 0 Å². The summed E-state index contributed by atoms with van der Waals surface area (Å²) in [5, 5.41) is 4.17. The Morgan fingerprint density at radius 3 is 1.71 bits per heavy atom. The second-order valence-corrected chi connectivity index (χ2v) is 9.72. The summed E-state index contributed by atoms with van der Waals surface area (Å²) in [6.07, 6.45) is 7.47. The summed E-state index contributed by atoms with van der Waals surface area (Å²) < 4.78 is 0. The van der Waals surface area contributed by atoms with Gasteiger partial charge < -0.3 is 4.79 Å². The topological polar surface area (TPSA) is 17.1 Å². The third-order valence-corrected chi connectivity index (χ3v) is 7.08. The molecule has 0 amide bonds. The SMILES string of the molecule is CC(C)CC[CH2][Al]([CH2]CC=O)[CH2]CCC(C)C. The van der Waals surface area contributed by atoms with Crippen LogP contribution in [0.15, 0.2) is 0 Å². The lowest BCUT2D eigenvalue weighted by Gasteiger charge is -2.12. The molecule has 0 rings (SSSR count). The number of hydrogen-bond donors (Lipinski definition) is 0. The van der Waals surface area contributed by atoms with Crippen molar-refractivity contribution < 1.29 is 4.79 Å². The van der Waals surface area contributed by atoms with Crippen molar-refractivity contribution in [3.05, 3.63) is 0 Å². The molecule has 0 spiro atoms. The number of rotatable bonds is 11. The van der Waals surface area contributed by atoms with Gasteiger partial charge in [0.05, 0.1) is 0 Å². The Hall–Kier alpha value is 0.202. The van der Waals surface area contributed by atoms with Crippen LogP contribution < -0.4 is 0 Å². The highest BCUT2D eigenvalue weighted by molar-refractivity contribution is 6.58. The summed E-state index contributed by atoms with van der Waals surface area (Å²) in [5.74, 6) is 1.68. The molecule has 0 aliphatic carbocycles. The second kappa shape index (κ2) is 11.3. The van der Waals surface area contributed by atoms with Crippen molar-refractivity contribution in [2.45, 2.75) is 75.6 Å². The first-order valence-electron chi connectivity index (χ1n) is 7.49. The first-order chi connectivity index (χ1) is 8.06. The third-order valence-electron chi connectivity index (χ3n) is 3.48. The molecule has 0 heterocycles. The highest BCUT2D eigenvalue weighted by Crippen LogP contribution is 2.18. The van der Waals surface area contributed by atoms with Gasteiger partial charge in [-0.15, -0.1) is 0 Å². The molecule has 0 aliphatic heterocycles. The Balaban J connectivity index is 3.74. The lowest BCUT2D eigenvalue weighted by molar-refractivity contribution is -0.107. The van der Waals surface area contributed by atoms with Crippen LogP contribution in [-0.4, -0.2) is 20.4 Å². The third kappa shape index (κ3) is 12.4. The highest BCUT2D eigenvalue weighted by atomic mass is 27.2. The van der Waals surface area contributed by atoms with E-state index in [1.165, 1.54) is 41.5 Å². The zero-order chi connectivity index (χ0) is 13.1. The molecule has 0 atom stereocenters. The lowest BCUT2D eigenvalue weighted by atomic mass is 10.1. The Labute approximate surface area is 113 Å². The summed E-state index contributed by atoms with van der Waals surface area (Å²) in [5.41, 5.74) is 0. The lowest BCUT2D eigenvalue weighted by Crippen LogP contribution is -2.13. The fourth-order valence-electron chi connectivity index (χ4n) is 2.37. The van der Waals surface area contributed by atoms with Crippen LogP contribution in [0.3, 0.4) is 0 Å². The van der Waals surface area contributed by atoms with Crippen molar-refractivity contribution in [1.29, 1.82) is 0 Å². The van der Waals surface area contributed by atoms with Crippen LogP contribution in [0.5, 0.6) is 0 Å². The highest BCUT2D eigenvalue weighted by Gasteiger charge is 2.16. The molecule has 100 valence electrons. The fraction of sp³-hybridized carbons (Fsp3) is 0.933. The van der Waals surface area contributed by atoms with E-state index in [1.807, 2.05) is 0 Å². The number of carbonyl (C=O) groups excluding carboxylic acids is 1. The largest absolute Gasteiger partial charge is 0.303 e. The fourth-order valence-corrected chi connectivity index (χ4v) is 5.47. The summed E-state index contributed by atoms with van der Waals surface area (Å²) in [6.45, 7) is 9.23. The Morgan fingerprint density at radius 1 is 0.882 bits per heavy atom. The predicted octanol–water partition coefficient (Wildman–Crippen LogP) is 4.94. The molecule has 0 aromatic heterocycles. The second-order valence-electron chi connectivity index (χ2n) is 6.26. The minimum absolute atomic E-state index is 0.600. The van der Waals surface area contributed by atoms with E-state index in [2.05, 4.69) is 27.7 Å². The first-order valence-corrected chi connectivity index (χ1v) is 9.94. The average Bonchev–Trinajstić information content (AvgIpc) is 2.24. The standard InChI is InChI=1S/2C6H13.C3H5O.Al/c2*1-4-5-6(2)3;1-2-3-4;/h2*6H,1,4-5H2,2-3H3;3H,1-2H2;. The summed E-state index contributed by atoms with van der Waals surface area (Å²) >= 11 is -0.600. The zero-order valence-electron chi connectivity index (χ0n) is 12.4. The van der Waals surface area contributed by atoms with Crippen LogP contribution in [0.2, 0.25) is 15.8 Å². The molecule has 0 aromatic carbocycles. The number of aldehydes is 1. The van der Waals surface area contributed by atoms with E-state index in [9.17, 15) is 4.79 Å². The Bertz CT molecular complexity index is 164. The number of carbonyl (C=O) groups is 1. The number of hydrogen-bond acceptors (Lipinski definition) is 1. The molecule has 0 bridgehead atoms. The van der Waals surface area contributed by atoms with Gasteiger partial charge in [0.15, 0.2) is 0 Å². The van der Waals surface area contributed by atoms with E-state index in [1.54, 1.807) is 0 Å². The molecule has 0 radical (unpaired) electrons. The maximum Gasteiger partial charge on any atom is 0.262 e. The van der Waals surface area contributed by atoms with E-state index in [-0.39, 0.29) is 0 Å². The van der Waals surface area contributed by atoms with Gasteiger partial charge in [0.2, 0.25) is 0 Å². The summed E-state index contributed by atoms with van der Waals surface area (Å²) in [6, 6.07) is 0. The molecule has 0 N–H and O–H groups in total. The van der Waals surface area contributed by atoms with E-state index >= 15 is 0 Å². The summed E-state index contributed by atoms with van der Waals surface area (Å²) in [4.78, 5) is 10.5. The van der Waals surface area contributed by atoms with Crippen molar-refractivity contribution in [3.8, 4) is 0 Å². The molecular formula is C15H31AlO. The first kappa shape index (κ1) is 17.2. The maximum absolute atomic E-state index is 10.5. The molecule has 0 saturated carbocycles. The molecule has 0 fully saturated rings. The molecule has 2 heteroatoms. The van der Waals surface area contributed by atoms with E-state index in [0.29, 0.717) is 0 Å². The monoisotopic (exact) mass is 254 g/mol. The molecule has 0 aliphatic rings. The van der Waals surface area contributed by atoms with Gasteiger partial charge in [-0.25, -0.2) is 0 Å². The molecule has 0 saturated heterocycles. The molecule has 0 unspecified atom stereocenters. The van der Waals surface area contributed by atoms with Crippen molar-refractivity contribution in [2.24, 2.45) is 11.8 Å². The van der Waals surface area contributed by atoms with Gasteiger partial charge in [-0.3, -0.25) is 0 Å². The van der Waals surface area contributed by atoms with E-state index in [4.69, 9.17) is 0 Å². The van der Waals surface area contributed by atoms with Crippen molar-refractivity contribution >= 4 is 20.4 Å². The molecule has 1 nitrogen and oxygen atoms in total. The summed E-state index contributed by atoms with van der Waals surface area (Å²) in [7, 11) is 0. The quantitative estimate of drug-likeness (QED) is 0.377. The zero-order valence-corrected chi connectivity index (χ0v) is 13.5. The Morgan fingerprint density at radius 2 is 1.35 bits per heavy atom. The van der Waals surface area contributed by atoms with Crippen LogP contribution >= 0.6 is 0 Å². The smallest absolute Gasteiger partial charge is 0.262 e. The molecule has 0 aromatic rings. The van der Waals surface area contributed by atoms with E-state index < -0.39 is 14.1 Å². The van der Waals surface area contributed by atoms with Crippen LogP contribution in [0.25, 0.3) is 0 Å².